The molecule has 1 aliphatic heterocycles. The third-order valence-electron chi connectivity index (χ3n) is 2.94. The topological polar surface area (TPSA) is 33.6 Å². The Labute approximate surface area is 116 Å². The zero-order chi connectivity index (χ0) is 13.1. The maximum absolute atomic E-state index is 5.95. The molecule has 1 heterocycles. The molecular formula is C15H13ClN2O. The van der Waals surface area contributed by atoms with E-state index >= 15 is 0 Å². The van der Waals surface area contributed by atoms with E-state index in [4.69, 9.17) is 16.3 Å². The first kappa shape index (κ1) is 12.1. The minimum atomic E-state index is -0.0800. The lowest BCUT2D eigenvalue weighted by atomic mass is 10.1. The summed E-state index contributed by atoms with van der Waals surface area (Å²) < 4.78 is 5.95. The Bertz CT molecular complexity index is 581. The van der Waals surface area contributed by atoms with Crippen LogP contribution in [0.15, 0.2) is 59.7 Å². The van der Waals surface area contributed by atoms with Crippen LogP contribution in [0.25, 0.3) is 0 Å². The van der Waals surface area contributed by atoms with Gasteiger partial charge in [0.25, 0.3) is 0 Å². The molecule has 1 aliphatic rings. The highest BCUT2D eigenvalue weighted by molar-refractivity contribution is 6.30. The van der Waals surface area contributed by atoms with Crippen molar-refractivity contribution < 1.29 is 4.74 Å². The minimum Gasteiger partial charge on any atom is -0.482 e. The summed E-state index contributed by atoms with van der Waals surface area (Å²) in [6, 6.07) is 17.4. The number of hydrogen-bond donors (Lipinski definition) is 1. The first-order valence-corrected chi connectivity index (χ1v) is 6.49. The van der Waals surface area contributed by atoms with Gasteiger partial charge in [-0.2, -0.15) is 5.10 Å². The Kier molecular flexibility index (Phi) is 3.38. The molecule has 19 heavy (non-hydrogen) atoms. The molecule has 0 saturated carbocycles. The molecular weight excluding hydrogens is 260 g/mol. The normalized spacial score (nSPS) is 17.7. The Morgan fingerprint density at radius 2 is 1.79 bits per heavy atom. The van der Waals surface area contributed by atoms with Crippen molar-refractivity contribution in [2.24, 2.45) is 5.10 Å². The van der Waals surface area contributed by atoms with Gasteiger partial charge in [0.05, 0.1) is 6.54 Å². The van der Waals surface area contributed by atoms with Crippen molar-refractivity contribution in [2.75, 3.05) is 6.54 Å². The van der Waals surface area contributed by atoms with E-state index in [0.29, 0.717) is 6.54 Å². The van der Waals surface area contributed by atoms with Gasteiger partial charge >= 0.3 is 0 Å². The molecule has 1 atom stereocenters. The number of hydrazone groups is 1. The molecule has 2 aromatic carbocycles. The number of nitrogens with zero attached hydrogens (tertiary/aromatic N) is 1. The number of nitrogens with one attached hydrogen (secondary N) is 1. The molecule has 0 fully saturated rings. The van der Waals surface area contributed by atoms with Crippen molar-refractivity contribution in [3.8, 4) is 5.75 Å². The van der Waals surface area contributed by atoms with Crippen LogP contribution in [0.1, 0.15) is 5.56 Å². The standard InChI is InChI=1S/C15H13ClN2O/c16-12-8-6-11(7-9-12)15-14(10-17-18-15)19-13-4-2-1-3-5-13/h1-9,14,17H,10H2. The zero-order valence-electron chi connectivity index (χ0n) is 10.2. The van der Waals surface area contributed by atoms with Crippen molar-refractivity contribution >= 4 is 17.3 Å². The van der Waals surface area contributed by atoms with Crippen LogP contribution in [-0.2, 0) is 0 Å². The Hall–Kier alpha value is -2.00. The summed E-state index contributed by atoms with van der Waals surface area (Å²) in [5, 5.41) is 5.03. The molecule has 1 N–H and O–H groups in total. The molecule has 2 aromatic rings. The van der Waals surface area contributed by atoms with Crippen LogP contribution < -0.4 is 10.2 Å². The van der Waals surface area contributed by atoms with Crippen molar-refractivity contribution in [1.82, 2.24) is 5.43 Å². The number of benzene rings is 2. The van der Waals surface area contributed by atoms with Crippen molar-refractivity contribution in [3.63, 3.8) is 0 Å². The number of ether oxygens (including phenoxy) is 1. The van der Waals surface area contributed by atoms with Gasteiger partial charge in [0.1, 0.15) is 11.5 Å². The van der Waals surface area contributed by atoms with Crippen LogP contribution in [0.2, 0.25) is 5.02 Å². The summed E-state index contributed by atoms with van der Waals surface area (Å²) in [5.41, 5.74) is 4.91. The predicted octanol–water partition coefficient (Wildman–Crippen LogP) is 3.09. The maximum Gasteiger partial charge on any atom is 0.162 e. The van der Waals surface area contributed by atoms with Gasteiger partial charge in [-0.15, -0.1) is 0 Å². The van der Waals surface area contributed by atoms with Gasteiger partial charge in [-0.05, 0) is 24.3 Å². The van der Waals surface area contributed by atoms with Gasteiger partial charge in [-0.1, -0.05) is 41.9 Å². The second-order valence-electron chi connectivity index (χ2n) is 4.29. The summed E-state index contributed by atoms with van der Waals surface area (Å²) in [7, 11) is 0. The molecule has 0 bridgehead atoms. The van der Waals surface area contributed by atoms with E-state index in [9.17, 15) is 0 Å². The van der Waals surface area contributed by atoms with Crippen LogP contribution in [0, 0.1) is 0 Å². The fourth-order valence-electron chi connectivity index (χ4n) is 2.01. The molecule has 0 radical (unpaired) electrons. The van der Waals surface area contributed by atoms with E-state index in [2.05, 4.69) is 10.5 Å². The van der Waals surface area contributed by atoms with E-state index in [1.54, 1.807) is 0 Å². The maximum atomic E-state index is 5.95. The molecule has 96 valence electrons. The molecule has 3 rings (SSSR count). The molecule has 0 spiro atoms. The lowest BCUT2D eigenvalue weighted by Gasteiger charge is -2.15. The fraction of sp³-hybridized carbons (Fsp3) is 0.133. The molecule has 4 heteroatoms. The Morgan fingerprint density at radius 1 is 1.05 bits per heavy atom. The molecule has 3 nitrogen and oxygen atoms in total. The monoisotopic (exact) mass is 272 g/mol. The lowest BCUT2D eigenvalue weighted by molar-refractivity contribution is 0.275. The number of hydrogen-bond acceptors (Lipinski definition) is 3. The quantitative estimate of drug-likeness (QED) is 0.932. The summed E-state index contributed by atoms with van der Waals surface area (Å²) in [5.74, 6) is 0.845. The van der Waals surface area contributed by atoms with Gasteiger partial charge < -0.3 is 10.2 Å². The SMILES string of the molecule is Clc1ccc(C2=NNCC2Oc2ccccc2)cc1. The van der Waals surface area contributed by atoms with Gasteiger partial charge in [0.2, 0.25) is 0 Å². The van der Waals surface area contributed by atoms with Gasteiger partial charge in [-0.3, -0.25) is 0 Å². The number of halogens is 1. The van der Waals surface area contributed by atoms with Crippen LogP contribution in [-0.4, -0.2) is 18.4 Å². The third kappa shape index (κ3) is 2.71. The molecule has 0 aromatic heterocycles. The van der Waals surface area contributed by atoms with Gasteiger partial charge in [0.15, 0.2) is 6.10 Å². The molecule has 0 amide bonds. The van der Waals surface area contributed by atoms with Gasteiger partial charge in [-0.25, -0.2) is 0 Å². The molecule has 0 aliphatic carbocycles. The summed E-state index contributed by atoms with van der Waals surface area (Å²) in [6.07, 6.45) is -0.0800. The average Bonchev–Trinajstić information content (AvgIpc) is 2.89. The van der Waals surface area contributed by atoms with Gasteiger partial charge in [0, 0.05) is 10.6 Å². The summed E-state index contributed by atoms with van der Waals surface area (Å²) in [6.45, 7) is 0.673. The highest BCUT2D eigenvalue weighted by atomic mass is 35.5. The van der Waals surface area contributed by atoms with E-state index in [0.717, 1.165) is 22.0 Å². The Morgan fingerprint density at radius 3 is 2.53 bits per heavy atom. The average molecular weight is 273 g/mol. The van der Waals surface area contributed by atoms with E-state index in [-0.39, 0.29) is 6.10 Å². The van der Waals surface area contributed by atoms with E-state index in [1.807, 2.05) is 54.6 Å². The third-order valence-corrected chi connectivity index (χ3v) is 3.19. The molecule has 0 saturated heterocycles. The number of rotatable bonds is 3. The lowest BCUT2D eigenvalue weighted by Crippen LogP contribution is -2.29. The molecule has 1 unspecified atom stereocenters. The van der Waals surface area contributed by atoms with Crippen LogP contribution >= 0.6 is 11.6 Å². The zero-order valence-corrected chi connectivity index (χ0v) is 11.0. The predicted molar refractivity (Wildman–Crippen MR) is 76.8 cm³/mol. The van der Waals surface area contributed by atoms with Crippen LogP contribution in [0.4, 0.5) is 0 Å². The first-order chi connectivity index (χ1) is 9.33. The largest absolute Gasteiger partial charge is 0.482 e. The minimum absolute atomic E-state index is 0.0800. The van der Waals surface area contributed by atoms with E-state index in [1.165, 1.54) is 0 Å². The fourth-order valence-corrected chi connectivity index (χ4v) is 2.14. The van der Waals surface area contributed by atoms with Crippen LogP contribution in [0.5, 0.6) is 5.75 Å². The highest BCUT2D eigenvalue weighted by Gasteiger charge is 2.24. The van der Waals surface area contributed by atoms with E-state index < -0.39 is 0 Å². The highest BCUT2D eigenvalue weighted by Crippen LogP contribution is 2.18. The second-order valence-corrected chi connectivity index (χ2v) is 4.72. The van der Waals surface area contributed by atoms with Crippen molar-refractivity contribution in [3.05, 3.63) is 65.2 Å². The van der Waals surface area contributed by atoms with Crippen LogP contribution in [0.3, 0.4) is 0 Å². The number of para-hydroxylation sites is 1. The van der Waals surface area contributed by atoms with Crippen molar-refractivity contribution in [2.45, 2.75) is 6.10 Å². The summed E-state index contributed by atoms with van der Waals surface area (Å²) >= 11 is 5.90. The Balaban J connectivity index is 1.80. The second kappa shape index (κ2) is 5.33. The summed E-state index contributed by atoms with van der Waals surface area (Å²) in [4.78, 5) is 0. The first-order valence-electron chi connectivity index (χ1n) is 6.11. The smallest absolute Gasteiger partial charge is 0.162 e. The van der Waals surface area contributed by atoms with Crippen molar-refractivity contribution in [1.29, 1.82) is 0 Å².